The molecule has 1 unspecified atom stereocenters. The minimum absolute atomic E-state index is 0.00697. The van der Waals surface area contributed by atoms with Crippen LogP contribution in [0.25, 0.3) is 0 Å². The van der Waals surface area contributed by atoms with Gasteiger partial charge in [-0.15, -0.1) is 0 Å². The number of nitrogens with zero attached hydrogens (tertiary/aromatic N) is 1. The van der Waals surface area contributed by atoms with Crippen molar-refractivity contribution in [2.75, 3.05) is 47.5 Å². The van der Waals surface area contributed by atoms with E-state index in [9.17, 15) is 19.4 Å². The summed E-state index contributed by atoms with van der Waals surface area (Å²) in [5.41, 5.74) is 0. The van der Waals surface area contributed by atoms with Gasteiger partial charge in [0.1, 0.15) is 19.8 Å². The number of esters is 1. The van der Waals surface area contributed by atoms with Crippen molar-refractivity contribution in [3.63, 3.8) is 0 Å². The standard InChI is InChI=1S/C44H80NO8P/c1-6-8-10-12-14-15-16-17-18-19-22-25-29-33-38-50-40-43(41-52-54(48,49)51-39-37-45(3,4)5)53-44(47)36-32-28-24-21-20-23-27-31-35-42(46)34-30-26-13-11-9-7-2/h21,23-24,26-27,30-31,33,35,38,42-43,46H,6-20,22,25,28-29,32,34,36-37,39-41H2,1-5H3/p+1/b24-21-,27-23-,30-26-,35-31+,38-33+/t42-,43+/m0/s1. The van der Waals surface area contributed by atoms with E-state index < -0.39 is 26.0 Å². The molecule has 0 radical (unpaired) electrons. The third kappa shape index (κ3) is 39.7. The number of phosphoric ester groups is 1. The average Bonchev–Trinajstić information content (AvgIpc) is 3.11. The highest BCUT2D eigenvalue weighted by molar-refractivity contribution is 7.47. The van der Waals surface area contributed by atoms with Gasteiger partial charge >= 0.3 is 13.8 Å². The normalized spacial score (nSPS) is 14.9. The maximum atomic E-state index is 12.6. The highest BCUT2D eigenvalue weighted by Gasteiger charge is 2.26. The van der Waals surface area contributed by atoms with E-state index in [4.69, 9.17) is 18.5 Å². The second-order valence-electron chi connectivity index (χ2n) is 15.3. The molecule has 0 amide bonds. The molecule has 0 aromatic carbocycles. The van der Waals surface area contributed by atoms with Crippen molar-refractivity contribution < 1.29 is 42.4 Å². The lowest BCUT2D eigenvalue weighted by atomic mass is 10.0. The Morgan fingerprint density at radius 2 is 1.26 bits per heavy atom. The first kappa shape index (κ1) is 52.0. The number of hydrogen-bond donors (Lipinski definition) is 2. The Hall–Kier alpha value is -2.00. The Bertz CT molecular complexity index is 1070. The first-order chi connectivity index (χ1) is 26.0. The van der Waals surface area contributed by atoms with Gasteiger partial charge in [-0.1, -0.05) is 146 Å². The maximum Gasteiger partial charge on any atom is 0.472 e. The Kier molecular flexibility index (Phi) is 35.3. The van der Waals surface area contributed by atoms with Crippen molar-refractivity contribution in [2.24, 2.45) is 0 Å². The van der Waals surface area contributed by atoms with Crippen LogP contribution in [0.1, 0.15) is 155 Å². The van der Waals surface area contributed by atoms with Crippen LogP contribution in [-0.4, -0.2) is 80.2 Å². The van der Waals surface area contributed by atoms with E-state index >= 15 is 0 Å². The quantitative estimate of drug-likeness (QED) is 0.0121. The largest absolute Gasteiger partial charge is 0.498 e. The lowest BCUT2D eigenvalue weighted by Crippen LogP contribution is -2.37. The molecule has 0 bridgehead atoms. The molecule has 54 heavy (non-hydrogen) atoms. The highest BCUT2D eigenvalue weighted by atomic mass is 31.2. The highest BCUT2D eigenvalue weighted by Crippen LogP contribution is 2.43. The molecule has 0 rings (SSSR count). The van der Waals surface area contributed by atoms with Crippen molar-refractivity contribution in [1.82, 2.24) is 0 Å². The maximum absolute atomic E-state index is 12.6. The fourth-order valence-electron chi connectivity index (χ4n) is 5.36. The number of allylic oxidation sites excluding steroid dienone is 7. The van der Waals surface area contributed by atoms with Crippen LogP contribution in [0.4, 0.5) is 0 Å². The third-order valence-corrected chi connectivity index (χ3v) is 9.71. The molecule has 10 heteroatoms. The predicted octanol–water partition coefficient (Wildman–Crippen LogP) is 11.5. The molecular weight excluding hydrogens is 701 g/mol. The van der Waals surface area contributed by atoms with Crippen LogP contribution in [0, 0.1) is 0 Å². The molecule has 0 saturated heterocycles. The summed E-state index contributed by atoms with van der Waals surface area (Å²) in [5.74, 6) is -0.417. The fourth-order valence-corrected chi connectivity index (χ4v) is 6.10. The van der Waals surface area contributed by atoms with Crippen molar-refractivity contribution in [3.8, 4) is 0 Å². The van der Waals surface area contributed by atoms with Crippen LogP contribution in [0.15, 0.2) is 60.9 Å². The van der Waals surface area contributed by atoms with Gasteiger partial charge in [0, 0.05) is 6.42 Å². The number of likely N-dealkylation sites (N-methyl/N-ethyl adjacent to an activating group) is 1. The topological polar surface area (TPSA) is 112 Å². The molecule has 0 fully saturated rings. The van der Waals surface area contributed by atoms with Gasteiger partial charge in [0.25, 0.3) is 0 Å². The number of quaternary nitrogens is 1. The van der Waals surface area contributed by atoms with Crippen molar-refractivity contribution >= 4 is 13.8 Å². The second kappa shape index (κ2) is 36.6. The summed E-state index contributed by atoms with van der Waals surface area (Å²) >= 11 is 0. The number of aliphatic hydroxyl groups is 1. The number of carbonyl (C=O) groups excluding carboxylic acids is 1. The van der Waals surface area contributed by atoms with Gasteiger partial charge in [0.05, 0.1) is 40.1 Å². The van der Waals surface area contributed by atoms with Crippen LogP contribution in [0.5, 0.6) is 0 Å². The van der Waals surface area contributed by atoms with E-state index in [1.165, 1.54) is 89.9 Å². The minimum atomic E-state index is -4.32. The van der Waals surface area contributed by atoms with Gasteiger partial charge < -0.3 is 24.0 Å². The van der Waals surface area contributed by atoms with Crippen molar-refractivity contribution in [2.45, 2.75) is 167 Å². The van der Waals surface area contributed by atoms with E-state index in [0.717, 1.165) is 25.7 Å². The average molecular weight is 783 g/mol. The molecule has 0 aliphatic heterocycles. The summed E-state index contributed by atoms with van der Waals surface area (Å²) in [5, 5.41) is 10.0. The third-order valence-electron chi connectivity index (χ3n) is 8.73. The second-order valence-corrected chi connectivity index (χ2v) is 16.7. The van der Waals surface area contributed by atoms with E-state index in [1.807, 2.05) is 63.7 Å². The zero-order chi connectivity index (χ0) is 40.0. The summed E-state index contributed by atoms with van der Waals surface area (Å²) in [6.07, 6.45) is 42.4. The molecule has 0 spiro atoms. The van der Waals surface area contributed by atoms with Gasteiger partial charge in [-0.3, -0.25) is 13.8 Å². The van der Waals surface area contributed by atoms with Crippen LogP contribution >= 0.6 is 7.82 Å². The predicted molar refractivity (Wildman–Crippen MR) is 225 cm³/mol. The van der Waals surface area contributed by atoms with E-state index in [1.54, 1.807) is 12.3 Å². The van der Waals surface area contributed by atoms with Crippen LogP contribution < -0.4 is 0 Å². The lowest BCUT2D eigenvalue weighted by Gasteiger charge is -2.24. The van der Waals surface area contributed by atoms with Gasteiger partial charge in [0.2, 0.25) is 0 Å². The Morgan fingerprint density at radius 1 is 0.685 bits per heavy atom. The number of unbranched alkanes of at least 4 members (excludes halogenated alkanes) is 16. The van der Waals surface area contributed by atoms with E-state index in [-0.39, 0.29) is 26.2 Å². The van der Waals surface area contributed by atoms with Crippen molar-refractivity contribution in [1.29, 1.82) is 0 Å². The summed E-state index contributed by atoms with van der Waals surface area (Å²) in [6, 6.07) is 0. The van der Waals surface area contributed by atoms with Crippen LogP contribution in [-0.2, 0) is 27.9 Å². The molecule has 0 saturated carbocycles. The van der Waals surface area contributed by atoms with Crippen LogP contribution in [0.2, 0.25) is 0 Å². The molecule has 314 valence electrons. The smallest absolute Gasteiger partial charge is 0.472 e. The Morgan fingerprint density at radius 3 is 1.93 bits per heavy atom. The fraction of sp³-hybridized carbons (Fsp3) is 0.750. The SMILES string of the molecule is CCCCC/C=C\C[C@H](O)/C=C/C=C\C/C=C\CCCC(=O)O[C@H](CO/C=C/CCCCCCCCCCCCCC)COP(=O)(O)OCC[N+](C)(C)C. The Balaban J connectivity index is 4.50. The number of rotatable bonds is 38. The van der Waals surface area contributed by atoms with E-state index in [2.05, 4.69) is 19.9 Å². The molecule has 0 aliphatic rings. The molecular formula is C44H81NO8P+. The summed E-state index contributed by atoms with van der Waals surface area (Å²) in [7, 11) is 1.56. The van der Waals surface area contributed by atoms with E-state index in [0.29, 0.717) is 30.3 Å². The number of phosphoric acid groups is 1. The number of carbonyl (C=O) groups is 1. The summed E-state index contributed by atoms with van der Waals surface area (Å²) in [6.45, 7) is 4.73. The number of ether oxygens (including phenoxy) is 2. The monoisotopic (exact) mass is 783 g/mol. The van der Waals surface area contributed by atoms with Gasteiger partial charge in [-0.25, -0.2) is 4.57 Å². The lowest BCUT2D eigenvalue weighted by molar-refractivity contribution is -0.870. The number of hydrogen-bond acceptors (Lipinski definition) is 7. The first-order valence-corrected chi connectivity index (χ1v) is 22.7. The first-order valence-electron chi connectivity index (χ1n) is 21.2. The molecule has 0 aromatic heterocycles. The molecule has 3 atom stereocenters. The van der Waals surface area contributed by atoms with Gasteiger partial charge in [0.15, 0.2) is 6.10 Å². The molecule has 0 aliphatic carbocycles. The zero-order valence-corrected chi connectivity index (χ0v) is 35.9. The Labute approximate surface area is 331 Å². The number of aliphatic hydroxyl groups excluding tert-OH is 1. The van der Waals surface area contributed by atoms with Gasteiger partial charge in [-0.05, 0) is 57.4 Å². The molecule has 2 N–H and O–H groups in total. The zero-order valence-electron chi connectivity index (χ0n) is 35.1. The van der Waals surface area contributed by atoms with Crippen molar-refractivity contribution in [3.05, 3.63) is 60.9 Å². The van der Waals surface area contributed by atoms with Crippen LogP contribution in [0.3, 0.4) is 0 Å². The van der Waals surface area contributed by atoms with Gasteiger partial charge in [-0.2, -0.15) is 0 Å². The summed E-state index contributed by atoms with van der Waals surface area (Å²) in [4.78, 5) is 22.8. The molecule has 9 nitrogen and oxygen atoms in total. The minimum Gasteiger partial charge on any atom is -0.498 e. The molecule has 0 aromatic rings. The molecule has 0 heterocycles. The summed E-state index contributed by atoms with van der Waals surface area (Å²) < 4.78 is 34.6.